The summed E-state index contributed by atoms with van der Waals surface area (Å²) in [5.74, 6) is 1.27. The Morgan fingerprint density at radius 1 is 1.47 bits per heavy atom. The lowest BCUT2D eigenvalue weighted by Gasteiger charge is -2.11. The Morgan fingerprint density at radius 2 is 2.29 bits per heavy atom. The molecule has 1 aromatic carbocycles. The number of hydrogen-bond acceptors (Lipinski definition) is 3. The van der Waals surface area contributed by atoms with Crippen LogP contribution in [0.3, 0.4) is 0 Å². The van der Waals surface area contributed by atoms with E-state index >= 15 is 0 Å². The predicted molar refractivity (Wildman–Crippen MR) is 65.0 cm³/mol. The first-order valence-electron chi connectivity index (χ1n) is 5.58. The molecule has 0 amide bonds. The summed E-state index contributed by atoms with van der Waals surface area (Å²) in [7, 11) is 1.93. The predicted octanol–water partition coefficient (Wildman–Crippen LogP) is 1.97. The highest BCUT2D eigenvalue weighted by atomic mass is 16.1. The highest BCUT2D eigenvalue weighted by Crippen LogP contribution is 2.19. The zero-order valence-electron chi connectivity index (χ0n) is 10.00. The molecule has 2 aromatic rings. The number of carbonyl (C=O) groups excluding carboxylic acids is 1. The lowest BCUT2D eigenvalue weighted by Crippen LogP contribution is -2.04. The van der Waals surface area contributed by atoms with Gasteiger partial charge in [-0.15, -0.1) is 10.2 Å². The summed E-state index contributed by atoms with van der Waals surface area (Å²) in [6, 6.07) is 7.68. The molecule has 0 N–H and O–H groups in total. The molecule has 88 valence electrons. The van der Waals surface area contributed by atoms with E-state index in [1.54, 1.807) is 6.33 Å². The lowest BCUT2D eigenvalue weighted by atomic mass is 9.96. The number of carbonyl (C=O) groups is 1. The molecule has 0 radical (unpaired) electrons. The van der Waals surface area contributed by atoms with Crippen molar-refractivity contribution in [3.63, 3.8) is 0 Å². The number of aromatic nitrogens is 3. The summed E-state index contributed by atoms with van der Waals surface area (Å²) < 4.78 is 1.92. The summed E-state index contributed by atoms with van der Waals surface area (Å²) in [5, 5.41) is 7.93. The quantitative estimate of drug-likeness (QED) is 0.753. The summed E-state index contributed by atoms with van der Waals surface area (Å²) in [4.78, 5) is 10.7. The molecule has 17 heavy (non-hydrogen) atoms. The van der Waals surface area contributed by atoms with E-state index in [0.717, 1.165) is 24.1 Å². The van der Waals surface area contributed by atoms with E-state index < -0.39 is 0 Å². The SMILES string of the molecule is C[C@H](Cc1nncn1C)c1cccc(C=O)c1. The van der Waals surface area contributed by atoms with Crippen LogP contribution in [0.4, 0.5) is 0 Å². The fraction of sp³-hybridized carbons (Fsp3) is 0.308. The minimum atomic E-state index is 0.317. The summed E-state index contributed by atoms with van der Waals surface area (Å²) in [5.41, 5.74) is 1.87. The van der Waals surface area contributed by atoms with Crippen molar-refractivity contribution in [2.45, 2.75) is 19.3 Å². The van der Waals surface area contributed by atoms with E-state index in [9.17, 15) is 4.79 Å². The van der Waals surface area contributed by atoms with E-state index in [4.69, 9.17) is 0 Å². The molecule has 0 aliphatic heterocycles. The van der Waals surface area contributed by atoms with Crippen LogP contribution in [0.5, 0.6) is 0 Å². The van der Waals surface area contributed by atoms with E-state index in [1.807, 2.05) is 35.9 Å². The smallest absolute Gasteiger partial charge is 0.150 e. The zero-order valence-corrected chi connectivity index (χ0v) is 10.00. The minimum Gasteiger partial charge on any atom is -0.321 e. The Bertz CT molecular complexity index is 519. The number of aldehydes is 1. The first-order valence-corrected chi connectivity index (χ1v) is 5.58. The molecule has 0 saturated carbocycles. The van der Waals surface area contributed by atoms with Crippen LogP contribution < -0.4 is 0 Å². The molecular formula is C13H15N3O. The largest absolute Gasteiger partial charge is 0.321 e. The van der Waals surface area contributed by atoms with Crippen molar-refractivity contribution in [2.75, 3.05) is 0 Å². The van der Waals surface area contributed by atoms with E-state index in [-0.39, 0.29) is 0 Å². The normalized spacial score (nSPS) is 12.4. The molecule has 0 aliphatic rings. The van der Waals surface area contributed by atoms with Crippen LogP contribution in [0.2, 0.25) is 0 Å². The molecule has 0 spiro atoms. The molecule has 0 bridgehead atoms. The monoisotopic (exact) mass is 229 g/mol. The Kier molecular flexibility index (Phi) is 3.32. The van der Waals surface area contributed by atoms with Gasteiger partial charge in [0.25, 0.3) is 0 Å². The van der Waals surface area contributed by atoms with Crippen LogP contribution in [0, 0.1) is 0 Å². The van der Waals surface area contributed by atoms with Gasteiger partial charge in [0.2, 0.25) is 0 Å². The maximum absolute atomic E-state index is 10.7. The lowest BCUT2D eigenvalue weighted by molar-refractivity contribution is 0.112. The van der Waals surface area contributed by atoms with E-state index in [0.29, 0.717) is 11.5 Å². The highest BCUT2D eigenvalue weighted by molar-refractivity contribution is 5.75. The van der Waals surface area contributed by atoms with Gasteiger partial charge in [-0.2, -0.15) is 0 Å². The van der Waals surface area contributed by atoms with E-state index in [2.05, 4.69) is 17.1 Å². The number of nitrogens with zero attached hydrogens (tertiary/aromatic N) is 3. The first-order chi connectivity index (χ1) is 8.20. The van der Waals surface area contributed by atoms with Gasteiger partial charge >= 0.3 is 0 Å². The zero-order chi connectivity index (χ0) is 12.3. The molecular weight excluding hydrogens is 214 g/mol. The van der Waals surface area contributed by atoms with Crippen LogP contribution in [0.1, 0.15) is 34.6 Å². The van der Waals surface area contributed by atoms with Gasteiger partial charge in [0.15, 0.2) is 0 Å². The van der Waals surface area contributed by atoms with Crippen LogP contribution in [-0.4, -0.2) is 21.1 Å². The average Bonchev–Trinajstić information content (AvgIpc) is 2.75. The molecule has 4 nitrogen and oxygen atoms in total. The van der Waals surface area contributed by atoms with Gasteiger partial charge in [0, 0.05) is 19.0 Å². The number of rotatable bonds is 4. The average molecular weight is 229 g/mol. The van der Waals surface area contributed by atoms with Crippen molar-refractivity contribution in [3.8, 4) is 0 Å². The van der Waals surface area contributed by atoms with Gasteiger partial charge < -0.3 is 4.57 Å². The summed E-state index contributed by atoms with van der Waals surface area (Å²) in [6.07, 6.45) is 3.39. The molecule has 2 rings (SSSR count). The summed E-state index contributed by atoms with van der Waals surface area (Å²) in [6.45, 7) is 2.12. The Hall–Kier alpha value is -1.97. The van der Waals surface area contributed by atoms with Crippen molar-refractivity contribution >= 4 is 6.29 Å². The van der Waals surface area contributed by atoms with Crippen LogP contribution in [0.15, 0.2) is 30.6 Å². The maximum atomic E-state index is 10.7. The highest BCUT2D eigenvalue weighted by Gasteiger charge is 2.10. The Morgan fingerprint density at radius 3 is 2.94 bits per heavy atom. The second kappa shape index (κ2) is 4.91. The molecule has 1 heterocycles. The van der Waals surface area contributed by atoms with Gasteiger partial charge in [0.1, 0.15) is 18.4 Å². The third-order valence-electron chi connectivity index (χ3n) is 2.91. The Balaban J connectivity index is 2.16. The number of hydrogen-bond donors (Lipinski definition) is 0. The molecule has 0 fully saturated rings. The van der Waals surface area contributed by atoms with Gasteiger partial charge in [-0.1, -0.05) is 25.1 Å². The fourth-order valence-corrected chi connectivity index (χ4v) is 1.82. The molecule has 0 unspecified atom stereocenters. The number of aryl methyl sites for hydroxylation is 1. The van der Waals surface area contributed by atoms with Gasteiger partial charge in [-0.25, -0.2) is 0 Å². The van der Waals surface area contributed by atoms with Crippen molar-refractivity contribution in [1.82, 2.24) is 14.8 Å². The molecule has 0 aliphatic carbocycles. The van der Waals surface area contributed by atoms with Crippen LogP contribution in [0.25, 0.3) is 0 Å². The second-order valence-electron chi connectivity index (χ2n) is 4.25. The Labute approximate surface area is 100 Å². The topological polar surface area (TPSA) is 47.8 Å². The van der Waals surface area contributed by atoms with Crippen molar-refractivity contribution in [3.05, 3.63) is 47.5 Å². The molecule has 1 atom stereocenters. The fourth-order valence-electron chi connectivity index (χ4n) is 1.82. The number of benzene rings is 1. The van der Waals surface area contributed by atoms with Crippen LogP contribution in [-0.2, 0) is 13.5 Å². The third kappa shape index (κ3) is 2.58. The van der Waals surface area contributed by atoms with Crippen molar-refractivity contribution in [1.29, 1.82) is 0 Å². The summed E-state index contributed by atoms with van der Waals surface area (Å²) >= 11 is 0. The first kappa shape index (κ1) is 11.5. The van der Waals surface area contributed by atoms with Crippen molar-refractivity contribution in [2.24, 2.45) is 7.05 Å². The molecule has 1 aromatic heterocycles. The molecule has 0 saturated heterocycles. The third-order valence-corrected chi connectivity index (χ3v) is 2.91. The van der Waals surface area contributed by atoms with Gasteiger partial charge in [-0.3, -0.25) is 4.79 Å². The van der Waals surface area contributed by atoms with Gasteiger partial charge in [0.05, 0.1) is 0 Å². The van der Waals surface area contributed by atoms with E-state index in [1.165, 1.54) is 0 Å². The van der Waals surface area contributed by atoms with Crippen LogP contribution >= 0.6 is 0 Å². The molecule has 4 heteroatoms. The van der Waals surface area contributed by atoms with Crippen molar-refractivity contribution < 1.29 is 4.79 Å². The minimum absolute atomic E-state index is 0.317. The second-order valence-corrected chi connectivity index (χ2v) is 4.25. The standard InChI is InChI=1S/C13H15N3O/c1-10(6-13-15-14-9-16(13)2)12-5-3-4-11(7-12)8-17/h3-5,7-10H,6H2,1-2H3/t10-/m1/s1. The van der Waals surface area contributed by atoms with Gasteiger partial charge in [-0.05, 0) is 17.5 Å². The maximum Gasteiger partial charge on any atom is 0.150 e.